The van der Waals surface area contributed by atoms with Crippen LogP contribution in [-0.2, 0) is 0 Å². The molecule has 0 fully saturated rings. The largest absolute Gasteiger partial charge is 0.327 e. The Hall–Kier alpha value is -1.43. The van der Waals surface area contributed by atoms with Gasteiger partial charge in [0.05, 0.1) is 5.38 Å². The van der Waals surface area contributed by atoms with E-state index in [1.165, 1.54) is 16.4 Å². The molecule has 1 aliphatic heterocycles. The first-order valence-electron chi connectivity index (χ1n) is 3.38. The van der Waals surface area contributed by atoms with E-state index < -0.39 is 0 Å². The summed E-state index contributed by atoms with van der Waals surface area (Å²) in [6, 6.07) is -0.162. The first-order chi connectivity index (χ1) is 5.88. The normalized spacial score (nSPS) is 16.3. The third-order valence-electron chi connectivity index (χ3n) is 1.48. The van der Waals surface area contributed by atoms with Gasteiger partial charge in [0.2, 0.25) is 0 Å². The van der Waals surface area contributed by atoms with Gasteiger partial charge in [0.25, 0.3) is 0 Å². The highest BCUT2D eigenvalue weighted by Gasteiger charge is 2.17. The van der Waals surface area contributed by atoms with Crippen molar-refractivity contribution in [1.82, 2.24) is 14.9 Å². The van der Waals surface area contributed by atoms with Crippen molar-refractivity contribution in [2.45, 2.75) is 0 Å². The van der Waals surface area contributed by atoms with Crippen molar-refractivity contribution in [2.24, 2.45) is 0 Å². The summed E-state index contributed by atoms with van der Waals surface area (Å²) in [5.41, 5.74) is 0. The zero-order valence-electron chi connectivity index (χ0n) is 6.10. The van der Waals surface area contributed by atoms with E-state index >= 15 is 0 Å². The van der Waals surface area contributed by atoms with E-state index in [-0.39, 0.29) is 6.03 Å². The molecular formula is C6H6N4OS. The molecule has 6 heteroatoms. The van der Waals surface area contributed by atoms with Crippen LogP contribution in [0.4, 0.5) is 10.6 Å². The van der Waals surface area contributed by atoms with Crippen molar-refractivity contribution in [3.8, 4) is 0 Å². The van der Waals surface area contributed by atoms with Gasteiger partial charge < -0.3 is 5.32 Å². The molecule has 1 aromatic heterocycles. The van der Waals surface area contributed by atoms with Crippen LogP contribution in [-0.4, -0.2) is 22.2 Å². The number of hydrogen-bond acceptors (Lipinski definition) is 4. The van der Waals surface area contributed by atoms with Crippen molar-refractivity contribution < 1.29 is 4.79 Å². The fourth-order valence-electron chi connectivity index (χ4n) is 0.924. The lowest BCUT2D eigenvalue weighted by molar-refractivity contribution is 0.249. The molecule has 2 heterocycles. The Bertz CT molecular complexity index is 307. The van der Waals surface area contributed by atoms with Crippen LogP contribution < -0.4 is 10.2 Å². The summed E-state index contributed by atoms with van der Waals surface area (Å²) in [4.78, 5) is 12.7. The molecule has 0 aliphatic carbocycles. The minimum atomic E-state index is -0.162. The van der Waals surface area contributed by atoms with Gasteiger partial charge in [-0.3, -0.25) is 4.90 Å². The van der Waals surface area contributed by atoms with E-state index in [2.05, 4.69) is 14.9 Å². The maximum absolute atomic E-state index is 11.2. The minimum Gasteiger partial charge on any atom is -0.314 e. The SMILES string of the molecule is O=C1NC=CCN1c1csnn1. The number of amides is 2. The van der Waals surface area contributed by atoms with Gasteiger partial charge >= 0.3 is 6.03 Å². The highest BCUT2D eigenvalue weighted by atomic mass is 32.1. The van der Waals surface area contributed by atoms with Gasteiger partial charge in [-0.1, -0.05) is 4.49 Å². The Labute approximate surface area is 72.9 Å². The lowest BCUT2D eigenvalue weighted by atomic mass is 10.4. The van der Waals surface area contributed by atoms with Crippen LogP contribution in [0.1, 0.15) is 0 Å². The van der Waals surface area contributed by atoms with Crippen LogP contribution in [0.15, 0.2) is 17.7 Å². The average Bonchev–Trinajstić information content (AvgIpc) is 2.57. The monoisotopic (exact) mass is 182 g/mol. The second-order valence-corrected chi connectivity index (χ2v) is 2.84. The third-order valence-corrected chi connectivity index (χ3v) is 1.98. The number of urea groups is 1. The van der Waals surface area contributed by atoms with Gasteiger partial charge in [0.15, 0.2) is 5.82 Å². The molecule has 12 heavy (non-hydrogen) atoms. The molecule has 5 nitrogen and oxygen atoms in total. The minimum absolute atomic E-state index is 0.162. The van der Waals surface area contributed by atoms with E-state index in [4.69, 9.17) is 0 Å². The molecule has 2 rings (SSSR count). The smallest absolute Gasteiger partial charge is 0.314 e. The Balaban J connectivity index is 2.24. The van der Waals surface area contributed by atoms with Gasteiger partial charge in [0.1, 0.15) is 0 Å². The molecule has 0 aromatic carbocycles. The average molecular weight is 182 g/mol. The maximum Gasteiger partial charge on any atom is 0.327 e. The van der Waals surface area contributed by atoms with Crippen LogP contribution in [0, 0.1) is 0 Å². The summed E-state index contributed by atoms with van der Waals surface area (Å²) in [7, 11) is 0. The molecule has 0 saturated heterocycles. The fourth-order valence-corrected chi connectivity index (χ4v) is 1.37. The van der Waals surface area contributed by atoms with Crippen molar-refractivity contribution in [2.75, 3.05) is 11.4 Å². The predicted octanol–water partition coefficient (Wildman–Crippen LogP) is 0.581. The molecule has 0 bridgehead atoms. The quantitative estimate of drug-likeness (QED) is 0.691. The zero-order valence-corrected chi connectivity index (χ0v) is 6.91. The molecule has 0 atom stereocenters. The molecule has 2 amide bonds. The number of anilines is 1. The number of rotatable bonds is 1. The van der Waals surface area contributed by atoms with Crippen molar-refractivity contribution in [1.29, 1.82) is 0 Å². The van der Waals surface area contributed by atoms with E-state index in [1.54, 1.807) is 11.6 Å². The second kappa shape index (κ2) is 2.90. The topological polar surface area (TPSA) is 58.1 Å². The molecule has 1 N–H and O–H groups in total. The maximum atomic E-state index is 11.2. The molecule has 0 spiro atoms. The van der Waals surface area contributed by atoms with Gasteiger partial charge in [-0.25, -0.2) is 4.79 Å². The first-order valence-corrected chi connectivity index (χ1v) is 4.21. The van der Waals surface area contributed by atoms with Crippen LogP contribution in [0.3, 0.4) is 0 Å². The molecule has 0 radical (unpaired) electrons. The van der Waals surface area contributed by atoms with E-state index in [9.17, 15) is 4.79 Å². The van der Waals surface area contributed by atoms with Crippen LogP contribution in [0.5, 0.6) is 0 Å². The Morgan fingerprint density at radius 3 is 3.25 bits per heavy atom. The summed E-state index contributed by atoms with van der Waals surface area (Å²) in [5, 5.41) is 8.09. The summed E-state index contributed by atoms with van der Waals surface area (Å²) in [6.45, 7) is 0.553. The zero-order chi connectivity index (χ0) is 8.39. The Morgan fingerprint density at radius 2 is 2.58 bits per heavy atom. The highest BCUT2D eigenvalue weighted by molar-refractivity contribution is 7.03. The number of aromatic nitrogens is 2. The standard InChI is InChI=1S/C6H6N4OS/c11-6-7-2-1-3-10(6)5-4-12-9-8-5/h1-2,4H,3H2,(H,7,11). The van der Waals surface area contributed by atoms with E-state index in [0.29, 0.717) is 12.4 Å². The lowest BCUT2D eigenvalue weighted by Gasteiger charge is -2.20. The molecule has 62 valence electrons. The summed E-state index contributed by atoms with van der Waals surface area (Å²) >= 11 is 1.23. The predicted molar refractivity (Wildman–Crippen MR) is 44.9 cm³/mol. The van der Waals surface area contributed by atoms with Gasteiger partial charge in [-0.2, -0.15) is 0 Å². The Kier molecular flexibility index (Phi) is 1.75. The van der Waals surface area contributed by atoms with E-state index in [0.717, 1.165) is 0 Å². The molecule has 1 aromatic rings. The van der Waals surface area contributed by atoms with Gasteiger partial charge in [-0.15, -0.1) is 5.10 Å². The van der Waals surface area contributed by atoms with Crippen LogP contribution in [0.25, 0.3) is 0 Å². The van der Waals surface area contributed by atoms with Crippen molar-refractivity contribution in [3.63, 3.8) is 0 Å². The van der Waals surface area contributed by atoms with E-state index in [1.807, 2.05) is 6.08 Å². The fraction of sp³-hybridized carbons (Fsp3) is 0.167. The molecular weight excluding hydrogens is 176 g/mol. The van der Waals surface area contributed by atoms with Crippen LogP contribution in [0.2, 0.25) is 0 Å². The second-order valence-electron chi connectivity index (χ2n) is 2.23. The third kappa shape index (κ3) is 1.16. The highest BCUT2D eigenvalue weighted by Crippen LogP contribution is 2.12. The first kappa shape index (κ1) is 7.23. The van der Waals surface area contributed by atoms with Gasteiger partial charge in [0, 0.05) is 12.7 Å². The summed E-state index contributed by atoms with van der Waals surface area (Å²) in [6.07, 6.45) is 3.47. The van der Waals surface area contributed by atoms with Crippen LogP contribution >= 0.6 is 11.5 Å². The lowest BCUT2D eigenvalue weighted by Crippen LogP contribution is -2.41. The van der Waals surface area contributed by atoms with Crippen molar-refractivity contribution >= 4 is 23.4 Å². The molecule has 0 unspecified atom stereocenters. The van der Waals surface area contributed by atoms with Gasteiger partial charge in [-0.05, 0) is 17.6 Å². The number of nitrogens with one attached hydrogen (secondary N) is 1. The molecule has 0 saturated carbocycles. The molecule has 1 aliphatic rings. The number of carbonyl (C=O) groups is 1. The number of nitrogens with zero attached hydrogens (tertiary/aromatic N) is 3. The summed E-state index contributed by atoms with van der Waals surface area (Å²) in [5.74, 6) is 0.599. The number of hydrogen-bond donors (Lipinski definition) is 1. The summed E-state index contributed by atoms with van der Waals surface area (Å²) < 4.78 is 3.68. The number of carbonyl (C=O) groups excluding carboxylic acids is 1. The van der Waals surface area contributed by atoms with Crippen molar-refractivity contribution in [3.05, 3.63) is 17.7 Å². The Morgan fingerprint density at radius 1 is 1.67 bits per heavy atom.